The molecule has 1 aromatic rings. The highest BCUT2D eigenvalue weighted by molar-refractivity contribution is 7.89. The molecule has 1 aliphatic rings. The summed E-state index contributed by atoms with van der Waals surface area (Å²) in [6.07, 6.45) is 1.46. The Labute approximate surface area is 146 Å². The number of rotatable bonds is 7. The zero-order valence-electron chi connectivity index (χ0n) is 14.2. The molecule has 2 N–H and O–H groups in total. The van der Waals surface area contributed by atoms with Crippen molar-refractivity contribution in [2.24, 2.45) is 5.41 Å². The summed E-state index contributed by atoms with van der Waals surface area (Å²) in [5.74, 6) is -0.928. The predicted molar refractivity (Wildman–Crippen MR) is 89.4 cm³/mol. The predicted octanol–water partition coefficient (Wildman–Crippen LogP) is 1.34. The fraction of sp³-hybridized carbons (Fsp3) is 0.600. The van der Waals surface area contributed by atoms with Crippen LogP contribution in [0.25, 0.3) is 0 Å². The first kappa shape index (κ1) is 19.7. The lowest BCUT2D eigenvalue weighted by atomic mass is 9.80. The van der Waals surface area contributed by atoms with Crippen molar-refractivity contribution in [3.05, 3.63) is 33.6 Å². The SMILES string of the molecule is COCC1(CNS(=O)(=O)c2cc(F)c(C)c([N+](=O)[O-])c2)CCNCC1. The van der Waals surface area contributed by atoms with Crippen LogP contribution in [0.3, 0.4) is 0 Å². The third kappa shape index (κ3) is 4.51. The smallest absolute Gasteiger partial charge is 0.276 e. The maximum atomic E-state index is 13.9. The van der Waals surface area contributed by atoms with Gasteiger partial charge in [-0.15, -0.1) is 0 Å². The zero-order valence-corrected chi connectivity index (χ0v) is 15.0. The van der Waals surface area contributed by atoms with Crippen LogP contribution in [0.2, 0.25) is 0 Å². The van der Waals surface area contributed by atoms with Gasteiger partial charge < -0.3 is 10.1 Å². The van der Waals surface area contributed by atoms with Gasteiger partial charge >= 0.3 is 0 Å². The van der Waals surface area contributed by atoms with Gasteiger partial charge in [-0.2, -0.15) is 0 Å². The van der Waals surface area contributed by atoms with Gasteiger partial charge in [0.2, 0.25) is 10.0 Å². The molecule has 0 aliphatic carbocycles. The minimum Gasteiger partial charge on any atom is -0.384 e. The Hall–Kier alpha value is -1.62. The van der Waals surface area contributed by atoms with Crippen LogP contribution >= 0.6 is 0 Å². The van der Waals surface area contributed by atoms with E-state index in [-0.39, 0.29) is 17.5 Å². The summed E-state index contributed by atoms with van der Waals surface area (Å²) in [6.45, 7) is 3.24. The number of nitro groups is 1. The van der Waals surface area contributed by atoms with E-state index in [0.29, 0.717) is 6.61 Å². The molecule has 10 heteroatoms. The number of sulfonamides is 1. The van der Waals surface area contributed by atoms with Gasteiger partial charge in [-0.3, -0.25) is 10.1 Å². The second-order valence-electron chi connectivity index (χ2n) is 6.31. The number of hydrogen-bond acceptors (Lipinski definition) is 6. The molecule has 0 radical (unpaired) electrons. The first-order valence-electron chi connectivity index (χ1n) is 7.85. The number of piperidine rings is 1. The van der Waals surface area contributed by atoms with Crippen LogP contribution in [0, 0.1) is 28.3 Å². The summed E-state index contributed by atoms with van der Waals surface area (Å²) in [4.78, 5) is 9.74. The maximum Gasteiger partial charge on any atom is 0.276 e. The summed E-state index contributed by atoms with van der Waals surface area (Å²) in [5.41, 5.74) is -1.12. The van der Waals surface area contributed by atoms with E-state index in [1.165, 1.54) is 6.92 Å². The van der Waals surface area contributed by atoms with E-state index < -0.39 is 31.3 Å². The summed E-state index contributed by atoms with van der Waals surface area (Å²) in [6, 6.07) is 1.68. The molecule has 0 bridgehead atoms. The highest BCUT2D eigenvalue weighted by atomic mass is 32.2. The molecular formula is C15H22FN3O5S. The molecule has 1 saturated heterocycles. The van der Waals surface area contributed by atoms with Gasteiger partial charge in [0, 0.05) is 25.1 Å². The summed E-state index contributed by atoms with van der Waals surface area (Å²) >= 11 is 0. The van der Waals surface area contributed by atoms with Gasteiger partial charge in [0.15, 0.2) is 0 Å². The highest BCUT2D eigenvalue weighted by Crippen LogP contribution is 2.30. The van der Waals surface area contributed by atoms with Gasteiger partial charge in [0.05, 0.1) is 22.0 Å². The molecule has 1 fully saturated rings. The number of nitro benzene ring substituents is 1. The lowest BCUT2D eigenvalue weighted by Crippen LogP contribution is -2.47. The molecule has 1 heterocycles. The maximum absolute atomic E-state index is 13.9. The topological polar surface area (TPSA) is 111 Å². The van der Waals surface area contributed by atoms with Crippen molar-refractivity contribution in [3.63, 3.8) is 0 Å². The average molecular weight is 375 g/mol. The van der Waals surface area contributed by atoms with E-state index >= 15 is 0 Å². The van der Waals surface area contributed by atoms with Crippen molar-refractivity contribution in [2.75, 3.05) is 33.4 Å². The Morgan fingerprint density at radius 3 is 2.60 bits per heavy atom. The number of hydrogen-bond donors (Lipinski definition) is 2. The third-order valence-corrected chi connectivity index (χ3v) is 5.93. The number of nitrogens with zero attached hydrogens (tertiary/aromatic N) is 1. The van der Waals surface area contributed by atoms with Gasteiger partial charge in [-0.05, 0) is 38.9 Å². The minimum atomic E-state index is -4.08. The highest BCUT2D eigenvalue weighted by Gasteiger charge is 2.34. The first-order chi connectivity index (χ1) is 11.7. The van der Waals surface area contributed by atoms with Crippen molar-refractivity contribution < 1.29 is 22.5 Å². The number of benzene rings is 1. The second-order valence-corrected chi connectivity index (χ2v) is 8.08. The lowest BCUT2D eigenvalue weighted by molar-refractivity contribution is -0.385. The van der Waals surface area contributed by atoms with Crippen LogP contribution < -0.4 is 10.0 Å². The lowest BCUT2D eigenvalue weighted by Gasteiger charge is -2.37. The van der Waals surface area contributed by atoms with Gasteiger partial charge in [-0.1, -0.05) is 0 Å². The van der Waals surface area contributed by atoms with E-state index in [2.05, 4.69) is 10.0 Å². The van der Waals surface area contributed by atoms with Gasteiger partial charge in [0.1, 0.15) is 5.82 Å². The van der Waals surface area contributed by atoms with Crippen LogP contribution in [0.4, 0.5) is 10.1 Å². The van der Waals surface area contributed by atoms with Crippen molar-refractivity contribution >= 4 is 15.7 Å². The molecule has 140 valence electrons. The molecule has 0 atom stereocenters. The molecule has 0 aromatic heterocycles. The molecule has 1 aliphatic heterocycles. The Morgan fingerprint density at radius 1 is 1.40 bits per heavy atom. The number of methoxy groups -OCH3 is 1. The molecule has 1 aromatic carbocycles. The van der Waals surface area contributed by atoms with E-state index in [0.717, 1.165) is 38.1 Å². The van der Waals surface area contributed by atoms with Crippen LogP contribution in [-0.2, 0) is 14.8 Å². The van der Waals surface area contributed by atoms with Gasteiger partial charge in [-0.25, -0.2) is 17.5 Å². The van der Waals surface area contributed by atoms with Crippen LogP contribution in [0.5, 0.6) is 0 Å². The molecule has 0 saturated carbocycles. The molecule has 0 amide bonds. The summed E-state index contributed by atoms with van der Waals surface area (Å²) in [7, 11) is -2.53. The van der Waals surface area contributed by atoms with E-state index in [9.17, 15) is 22.9 Å². The van der Waals surface area contributed by atoms with Crippen molar-refractivity contribution in [1.82, 2.24) is 10.0 Å². The molecule has 0 spiro atoms. The Balaban J connectivity index is 2.25. The van der Waals surface area contributed by atoms with E-state index in [1.54, 1.807) is 7.11 Å². The van der Waals surface area contributed by atoms with Gasteiger partial charge in [0.25, 0.3) is 5.69 Å². The first-order valence-corrected chi connectivity index (χ1v) is 9.33. The quantitative estimate of drug-likeness (QED) is 0.550. The summed E-state index contributed by atoms with van der Waals surface area (Å²) in [5, 5.41) is 14.2. The molecule has 2 rings (SSSR count). The van der Waals surface area contributed by atoms with Crippen molar-refractivity contribution in [3.8, 4) is 0 Å². The van der Waals surface area contributed by atoms with Crippen molar-refractivity contribution in [2.45, 2.75) is 24.7 Å². The number of nitrogens with one attached hydrogen (secondary N) is 2. The number of halogens is 1. The minimum absolute atomic E-state index is 0.119. The molecule has 25 heavy (non-hydrogen) atoms. The van der Waals surface area contributed by atoms with Crippen LogP contribution in [0.15, 0.2) is 17.0 Å². The monoisotopic (exact) mass is 375 g/mol. The van der Waals surface area contributed by atoms with Crippen molar-refractivity contribution in [1.29, 1.82) is 0 Å². The fourth-order valence-electron chi connectivity index (χ4n) is 2.95. The largest absolute Gasteiger partial charge is 0.384 e. The van der Waals surface area contributed by atoms with Crippen LogP contribution in [-0.4, -0.2) is 46.7 Å². The molecule has 0 unspecified atom stereocenters. The standard InChI is InChI=1S/C15H22FN3O5S/c1-11-13(16)7-12(8-14(11)19(20)21)25(22,23)18-9-15(10-24-2)3-5-17-6-4-15/h7-8,17-18H,3-6,9-10H2,1-2H3. The Kier molecular flexibility index (Phi) is 6.09. The van der Waals surface area contributed by atoms with E-state index in [4.69, 9.17) is 4.74 Å². The number of ether oxygens (including phenoxy) is 1. The fourth-order valence-corrected chi connectivity index (χ4v) is 4.14. The van der Waals surface area contributed by atoms with Crippen LogP contribution in [0.1, 0.15) is 18.4 Å². The van der Waals surface area contributed by atoms with E-state index in [1.807, 2.05) is 0 Å². The zero-order chi connectivity index (χ0) is 18.7. The second kappa shape index (κ2) is 7.73. The Morgan fingerprint density at radius 2 is 2.04 bits per heavy atom. The molecule has 8 nitrogen and oxygen atoms in total. The normalized spacial score (nSPS) is 17.4. The average Bonchev–Trinajstić information content (AvgIpc) is 2.56. The third-order valence-electron chi connectivity index (χ3n) is 4.55. The summed E-state index contributed by atoms with van der Waals surface area (Å²) < 4.78 is 46.6. The Bertz CT molecular complexity index is 742. The molecular weight excluding hydrogens is 353 g/mol.